The van der Waals surface area contributed by atoms with Gasteiger partial charge < -0.3 is 15.4 Å². The first kappa shape index (κ1) is 17.5. The van der Waals surface area contributed by atoms with Crippen LogP contribution in [-0.2, 0) is 16.1 Å². The second-order valence-corrected chi connectivity index (χ2v) is 5.48. The van der Waals surface area contributed by atoms with Gasteiger partial charge in [0, 0.05) is 25.2 Å². The Morgan fingerprint density at radius 1 is 1.08 bits per heavy atom. The van der Waals surface area contributed by atoms with Crippen LogP contribution in [0, 0.1) is 13.8 Å². The molecule has 0 unspecified atom stereocenters. The van der Waals surface area contributed by atoms with Gasteiger partial charge >= 0.3 is 0 Å². The first-order valence-electron chi connectivity index (χ1n) is 7.66. The van der Waals surface area contributed by atoms with E-state index in [0.717, 1.165) is 22.4 Å². The van der Waals surface area contributed by atoms with Crippen LogP contribution >= 0.6 is 0 Å². The predicted molar refractivity (Wildman–Crippen MR) is 90.8 cm³/mol. The maximum absolute atomic E-state index is 11.7. The maximum Gasteiger partial charge on any atom is 0.239 e. The number of carbonyl (C=O) groups excluding carboxylic acids is 2. The molecule has 6 nitrogen and oxygen atoms in total. The second-order valence-electron chi connectivity index (χ2n) is 5.48. The van der Waals surface area contributed by atoms with E-state index in [9.17, 15) is 9.59 Å². The summed E-state index contributed by atoms with van der Waals surface area (Å²) in [4.78, 5) is 26.8. The van der Waals surface area contributed by atoms with Crippen molar-refractivity contribution in [3.8, 4) is 11.6 Å². The summed E-state index contributed by atoms with van der Waals surface area (Å²) in [6.07, 6.45) is 1.64. The van der Waals surface area contributed by atoms with Crippen LogP contribution in [0.15, 0.2) is 36.5 Å². The number of nitrogens with zero attached hydrogens (tertiary/aromatic N) is 1. The largest absolute Gasteiger partial charge is 0.438 e. The minimum atomic E-state index is -0.271. The van der Waals surface area contributed by atoms with Crippen molar-refractivity contribution in [2.75, 3.05) is 6.54 Å². The third kappa shape index (κ3) is 4.81. The lowest BCUT2D eigenvalue weighted by Crippen LogP contribution is -2.35. The molecule has 1 aromatic carbocycles. The quantitative estimate of drug-likeness (QED) is 0.853. The van der Waals surface area contributed by atoms with Crippen molar-refractivity contribution in [1.82, 2.24) is 15.6 Å². The highest BCUT2D eigenvalue weighted by molar-refractivity contribution is 5.83. The van der Waals surface area contributed by atoms with E-state index in [1.165, 1.54) is 6.92 Å². The number of ether oxygens (including phenoxy) is 1. The number of aryl methyl sites for hydroxylation is 2. The summed E-state index contributed by atoms with van der Waals surface area (Å²) >= 11 is 0. The number of nitrogens with one attached hydrogen (secondary N) is 2. The minimum Gasteiger partial charge on any atom is -0.438 e. The second kappa shape index (κ2) is 8.10. The predicted octanol–water partition coefficient (Wildman–Crippen LogP) is 2.24. The molecule has 0 saturated carbocycles. The molecule has 2 amide bonds. The van der Waals surface area contributed by atoms with E-state index < -0.39 is 0 Å². The molecule has 1 aromatic heterocycles. The Bertz CT molecular complexity index is 724. The number of carbonyl (C=O) groups is 2. The molecule has 2 aromatic rings. The first-order chi connectivity index (χ1) is 11.5. The normalized spacial score (nSPS) is 10.1. The Hall–Kier alpha value is -2.89. The van der Waals surface area contributed by atoms with E-state index in [2.05, 4.69) is 15.6 Å². The zero-order chi connectivity index (χ0) is 17.5. The average Bonchev–Trinajstić information content (AvgIpc) is 2.55. The molecule has 0 fully saturated rings. The van der Waals surface area contributed by atoms with Gasteiger partial charge in [-0.1, -0.05) is 24.3 Å². The summed E-state index contributed by atoms with van der Waals surface area (Å²) < 4.78 is 5.97. The zero-order valence-electron chi connectivity index (χ0n) is 14.1. The van der Waals surface area contributed by atoms with Gasteiger partial charge in [0.05, 0.1) is 6.54 Å². The summed E-state index contributed by atoms with van der Waals surface area (Å²) in [5.74, 6) is 0.703. The van der Waals surface area contributed by atoms with Crippen molar-refractivity contribution in [3.05, 3.63) is 53.2 Å². The first-order valence-corrected chi connectivity index (χ1v) is 7.66. The molecule has 0 spiro atoms. The molecule has 0 aliphatic rings. The van der Waals surface area contributed by atoms with E-state index in [1.54, 1.807) is 12.3 Å². The molecule has 0 atom stereocenters. The van der Waals surface area contributed by atoms with E-state index in [-0.39, 0.29) is 24.9 Å². The number of aromatic nitrogens is 1. The Morgan fingerprint density at radius 3 is 2.46 bits per heavy atom. The summed E-state index contributed by atoms with van der Waals surface area (Å²) in [5.41, 5.74) is 2.79. The monoisotopic (exact) mass is 327 g/mol. The fourth-order valence-corrected chi connectivity index (χ4v) is 2.17. The van der Waals surface area contributed by atoms with Crippen molar-refractivity contribution < 1.29 is 14.3 Å². The topological polar surface area (TPSA) is 80.3 Å². The standard InChI is InChI=1S/C18H21N3O3/c1-12-6-4-7-13(2)17(12)24-18-15(8-5-9-19-18)10-21-16(23)11-20-14(3)22/h4-9H,10-11H2,1-3H3,(H,20,22)(H,21,23). The van der Waals surface area contributed by atoms with Crippen LogP contribution in [0.1, 0.15) is 23.6 Å². The Morgan fingerprint density at radius 2 is 1.79 bits per heavy atom. The fraction of sp³-hybridized carbons (Fsp3) is 0.278. The van der Waals surface area contributed by atoms with E-state index >= 15 is 0 Å². The fourth-order valence-electron chi connectivity index (χ4n) is 2.17. The Balaban J connectivity index is 2.08. The van der Waals surface area contributed by atoms with Crippen molar-refractivity contribution in [2.45, 2.75) is 27.3 Å². The van der Waals surface area contributed by atoms with Crippen LogP contribution in [0.25, 0.3) is 0 Å². The van der Waals surface area contributed by atoms with Crippen LogP contribution in [0.2, 0.25) is 0 Å². The number of benzene rings is 1. The highest BCUT2D eigenvalue weighted by Gasteiger charge is 2.11. The Labute approximate surface area is 141 Å². The molecule has 0 saturated heterocycles. The summed E-state index contributed by atoms with van der Waals surface area (Å²) in [7, 11) is 0. The summed E-state index contributed by atoms with van der Waals surface area (Å²) in [6, 6.07) is 9.54. The molecule has 2 N–H and O–H groups in total. The highest BCUT2D eigenvalue weighted by Crippen LogP contribution is 2.29. The molecular formula is C18H21N3O3. The van der Waals surface area contributed by atoms with Crippen LogP contribution < -0.4 is 15.4 Å². The van der Waals surface area contributed by atoms with Gasteiger partial charge in [-0.05, 0) is 31.0 Å². The third-order valence-electron chi connectivity index (χ3n) is 3.43. The maximum atomic E-state index is 11.7. The number of amides is 2. The van der Waals surface area contributed by atoms with E-state index in [4.69, 9.17) is 4.74 Å². The molecule has 1 heterocycles. The third-order valence-corrected chi connectivity index (χ3v) is 3.43. The molecule has 24 heavy (non-hydrogen) atoms. The van der Waals surface area contributed by atoms with Gasteiger partial charge in [-0.25, -0.2) is 4.98 Å². The van der Waals surface area contributed by atoms with Crippen molar-refractivity contribution in [2.24, 2.45) is 0 Å². The molecule has 0 aliphatic carbocycles. The lowest BCUT2D eigenvalue weighted by molar-refractivity contribution is -0.125. The molecular weight excluding hydrogens is 306 g/mol. The van der Waals surface area contributed by atoms with Gasteiger partial charge in [0.2, 0.25) is 17.7 Å². The smallest absolute Gasteiger partial charge is 0.239 e. The summed E-state index contributed by atoms with van der Waals surface area (Å²) in [6.45, 7) is 5.53. The van der Waals surface area contributed by atoms with E-state index in [0.29, 0.717) is 5.88 Å². The number of pyridine rings is 1. The number of rotatable bonds is 6. The lowest BCUT2D eigenvalue weighted by atomic mass is 10.1. The van der Waals surface area contributed by atoms with Gasteiger partial charge in [-0.2, -0.15) is 0 Å². The van der Waals surface area contributed by atoms with Gasteiger partial charge in [0.25, 0.3) is 0 Å². The summed E-state index contributed by atoms with van der Waals surface area (Å²) in [5, 5.41) is 5.19. The number of hydrogen-bond donors (Lipinski definition) is 2. The van der Waals surface area contributed by atoms with E-state index in [1.807, 2.05) is 38.1 Å². The SMILES string of the molecule is CC(=O)NCC(=O)NCc1cccnc1Oc1c(C)cccc1C. The minimum absolute atomic E-state index is 0.0529. The van der Waals surface area contributed by atoms with Crippen molar-refractivity contribution in [3.63, 3.8) is 0 Å². The molecule has 0 bridgehead atoms. The van der Waals surface area contributed by atoms with Crippen LogP contribution in [0.5, 0.6) is 11.6 Å². The van der Waals surface area contributed by atoms with Crippen molar-refractivity contribution in [1.29, 1.82) is 0 Å². The van der Waals surface area contributed by atoms with Gasteiger partial charge in [0.15, 0.2) is 0 Å². The van der Waals surface area contributed by atoms with Crippen LogP contribution in [0.3, 0.4) is 0 Å². The van der Waals surface area contributed by atoms with Gasteiger partial charge in [-0.3, -0.25) is 9.59 Å². The van der Waals surface area contributed by atoms with Gasteiger partial charge in [0.1, 0.15) is 5.75 Å². The molecule has 2 rings (SSSR count). The molecule has 6 heteroatoms. The zero-order valence-corrected chi connectivity index (χ0v) is 14.1. The highest BCUT2D eigenvalue weighted by atomic mass is 16.5. The number of para-hydroxylation sites is 1. The Kier molecular flexibility index (Phi) is 5.89. The average molecular weight is 327 g/mol. The molecule has 0 radical (unpaired) electrons. The lowest BCUT2D eigenvalue weighted by Gasteiger charge is -2.14. The number of hydrogen-bond acceptors (Lipinski definition) is 4. The molecule has 0 aliphatic heterocycles. The molecule has 126 valence electrons. The van der Waals surface area contributed by atoms with Crippen LogP contribution in [0.4, 0.5) is 0 Å². The van der Waals surface area contributed by atoms with Crippen molar-refractivity contribution >= 4 is 11.8 Å². The van der Waals surface area contributed by atoms with Gasteiger partial charge in [-0.15, -0.1) is 0 Å². The van der Waals surface area contributed by atoms with Crippen LogP contribution in [-0.4, -0.2) is 23.3 Å².